The summed E-state index contributed by atoms with van der Waals surface area (Å²) in [5.41, 5.74) is 2.54. The number of allylic oxidation sites excluding steroid dienone is 5. The van der Waals surface area contributed by atoms with E-state index in [1.165, 1.54) is 0 Å². The molecule has 0 saturated carbocycles. The minimum Gasteiger partial charge on any atom is -0.493 e. The van der Waals surface area contributed by atoms with Crippen LogP contribution in [0, 0.1) is 6.92 Å². The first kappa shape index (κ1) is 18.1. The standard InChI is InChI=1S/C20H22O3S/c1-4-22-19-13-20(23-5-2)16(12-14(19)3)8-11-18(21)15-6-9-17(24)10-7-15/h6-9,11-13H,4-5,10H2,1-3H3. The van der Waals surface area contributed by atoms with Crippen molar-refractivity contribution in [2.24, 2.45) is 0 Å². The quantitative estimate of drug-likeness (QED) is 0.534. The Morgan fingerprint density at radius 1 is 1.17 bits per heavy atom. The van der Waals surface area contributed by atoms with Crippen molar-refractivity contribution in [3.8, 4) is 11.5 Å². The van der Waals surface area contributed by atoms with Crippen molar-refractivity contribution >= 4 is 28.9 Å². The molecule has 1 aromatic carbocycles. The van der Waals surface area contributed by atoms with E-state index in [-0.39, 0.29) is 5.78 Å². The summed E-state index contributed by atoms with van der Waals surface area (Å²) in [4.78, 5) is 13.1. The van der Waals surface area contributed by atoms with Crippen LogP contribution in [0.5, 0.6) is 11.5 Å². The van der Waals surface area contributed by atoms with Crippen LogP contribution >= 0.6 is 12.2 Å². The van der Waals surface area contributed by atoms with Crippen molar-refractivity contribution in [1.29, 1.82) is 0 Å². The van der Waals surface area contributed by atoms with Gasteiger partial charge in [-0.2, -0.15) is 0 Å². The zero-order valence-electron chi connectivity index (χ0n) is 14.3. The van der Waals surface area contributed by atoms with Crippen LogP contribution < -0.4 is 9.47 Å². The van der Waals surface area contributed by atoms with Gasteiger partial charge in [-0.1, -0.05) is 24.4 Å². The molecule has 126 valence electrons. The fourth-order valence-corrected chi connectivity index (χ4v) is 2.54. The second-order valence-electron chi connectivity index (χ2n) is 5.38. The zero-order chi connectivity index (χ0) is 17.5. The monoisotopic (exact) mass is 342 g/mol. The summed E-state index contributed by atoms with van der Waals surface area (Å²) in [6.45, 7) is 7.01. The van der Waals surface area contributed by atoms with Crippen LogP contribution in [0.4, 0.5) is 0 Å². The van der Waals surface area contributed by atoms with Crippen LogP contribution in [0.2, 0.25) is 0 Å². The van der Waals surface area contributed by atoms with Gasteiger partial charge in [0.25, 0.3) is 0 Å². The van der Waals surface area contributed by atoms with Crippen LogP contribution in [0.3, 0.4) is 0 Å². The molecule has 1 aromatic rings. The van der Waals surface area contributed by atoms with E-state index in [0.717, 1.165) is 21.7 Å². The van der Waals surface area contributed by atoms with Gasteiger partial charge in [0, 0.05) is 28.5 Å². The Kier molecular flexibility index (Phi) is 6.50. The molecule has 0 aliphatic heterocycles. The van der Waals surface area contributed by atoms with E-state index < -0.39 is 0 Å². The van der Waals surface area contributed by atoms with Gasteiger partial charge in [0.05, 0.1) is 13.2 Å². The number of aryl methyl sites for hydroxylation is 1. The average Bonchev–Trinajstić information content (AvgIpc) is 2.57. The van der Waals surface area contributed by atoms with Crippen LogP contribution in [0.1, 0.15) is 31.4 Å². The van der Waals surface area contributed by atoms with E-state index >= 15 is 0 Å². The Morgan fingerprint density at radius 3 is 2.50 bits per heavy atom. The third-order valence-electron chi connectivity index (χ3n) is 3.58. The van der Waals surface area contributed by atoms with Crippen LogP contribution in [0.15, 0.2) is 42.0 Å². The largest absolute Gasteiger partial charge is 0.493 e. The third-order valence-corrected chi connectivity index (χ3v) is 3.88. The van der Waals surface area contributed by atoms with Crippen molar-refractivity contribution in [1.82, 2.24) is 0 Å². The number of rotatable bonds is 7. The van der Waals surface area contributed by atoms with Crippen LogP contribution in [-0.2, 0) is 4.79 Å². The molecule has 0 amide bonds. The Hall–Kier alpha value is -2.20. The lowest BCUT2D eigenvalue weighted by atomic mass is 10.0. The van der Waals surface area contributed by atoms with Gasteiger partial charge >= 0.3 is 0 Å². The lowest BCUT2D eigenvalue weighted by molar-refractivity contribution is -0.111. The van der Waals surface area contributed by atoms with Gasteiger partial charge in [-0.25, -0.2) is 0 Å². The van der Waals surface area contributed by atoms with Gasteiger partial charge < -0.3 is 9.47 Å². The lowest BCUT2D eigenvalue weighted by Crippen LogP contribution is -2.02. The minimum atomic E-state index is -0.0391. The number of ketones is 1. The van der Waals surface area contributed by atoms with Crippen molar-refractivity contribution < 1.29 is 14.3 Å². The highest BCUT2D eigenvalue weighted by atomic mass is 32.1. The summed E-state index contributed by atoms with van der Waals surface area (Å²) >= 11 is 5.09. The Bertz CT molecular complexity index is 727. The van der Waals surface area contributed by atoms with E-state index in [1.807, 2.05) is 45.1 Å². The maximum Gasteiger partial charge on any atom is 0.185 e. The highest BCUT2D eigenvalue weighted by Gasteiger charge is 2.10. The molecule has 0 aromatic heterocycles. The van der Waals surface area contributed by atoms with Gasteiger partial charge in [0.2, 0.25) is 0 Å². The number of hydrogen-bond donors (Lipinski definition) is 0. The fraction of sp³-hybridized carbons (Fsp3) is 0.300. The predicted octanol–water partition coefficient (Wildman–Crippen LogP) is 4.63. The van der Waals surface area contributed by atoms with Gasteiger partial charge in [0.1, 0.15) is 11.5 Å². The number of thiocarbonyl (C=S) groups is 1. The molecule has 2 rings (SSSR count). The summed E-state index contributed by atoms with van der Waals surface area (Å²) in [5, 5.41) is 0. The summed E-state index contributed by atoms with van der Waals surface area (Å²) < 4.78 is 11.3. The molecule has 0 saturated heterocycles. The lowest BCUT2D eigenvalue weighted by Gasteiger charge is -2.13. The van der Waals surface area contributed by atoms with Crippen LogP contribution in [0.25, 0.3) is 6.08 Å². The van der Waals surface area contributed by atoms with Gasteiger partial charge in [-0.05, 0) is 50.6 Å². The van der Waals surface area contributed by atoms with E-state index in [0.29, 0.717) is 31.0 Å². The molecule has 24 heavy (non-hydrogen) atoms. The molecule has 4 heteroatoms. The molecule has 1 aliphatic rings. The predicted molar refractivity (Wildman–Crippen MR) is 102 cm³/mol. The number of carbonyl (C=O) groups is 1. The number of benzene rings is 1. The van der Waals surface area contributed by atoms with Gasteiger partial charge in [-0.3, -0.25) is 4.79 Å². The maximum absolute atomic E-state index is 12.3. The van der Waals surface area contributed by atoms with E-state index in [2.05, 4.69) is 0 Å². The van der Waals surface area contributed by atoms with Crippen LogP contribution in [-0.4, -0.2) is 23.9 Å². The Labute approximate surface area is 148 Å². The molecule has 3 nitrogen and oxygen atoms in total. The van der Waals surface area contributed by atoms with E-state index in [9.17, 15) is 4.79 Å². The van der Waals surface area contributed by atoms with E-state index in [4.69, 9.17) is 21.7 Å². The average molecular weight is 342 g/mol. The Balaban J connectivity index is 2.24. The molecule has 0 bridgehead atoms. The summed E-state index contributed by atoms with van der Waals surface area (Å²) in [7, 11) is 0. The first-order chi connectivity index (χ1) is 11.5. The molecule has 0 fully saturated rings. The SMILES string of the molecule is CCOc1cc(OCC)c(C=CC(=O)C2=CCC(=S)C=C2)cc1C. The zero-order valence-corrected chi connectivity index (χ0v) is 15.1. The van der Waals surface area contributed by atoms with E-state index in [1.54, 1.807) is 18.2 Å². The molecule has 1 aliphatic carbocycles. The number of hydrogen-bond acceptors (Lipinski definition) is 4. The van der Waals surface area contributed by atoms with Gasteiger partial charge in [0.15, 0.2) is 5.78 Å². The first-order valence-electron chi connectivity index (χ1n) is 8.08. The third kappa shape index (κ3) is 4.65. The van der Waals surface area contributed by atoms with Crippen molar-refractivity contribution in [2.45, 2.75) is 27.2 Å². The summed E-state index contributed by atoms with van der Waals surface area (Å²) in [5.74, 6) is 1.48. The topological polar surface area (TPSA) is 35.5 Å². The Morgan fingerprint density at radius 2 is 1.88 bits per heavy atom. The molecule has 0 radical (unpaired) electrons. The molecule has 0 heterocycles. The molecule has 0 N–H and O–H groups in total. The number of ether oxygens (including phenoxy) is 2. The summed E-state index contributed by atoms with van der Waals surface area (Å²) in [6, 6.07) is 3.85. The molecule has 0 atom stereocenters. The van der Waals surface area contributed by atoms with Crippen molar-refractivity contribution in [2.75, 3.05) is 13.2 Å². The first-order valence-corrected chi connectivity index (χ1v) is 8.49. The molecular formula is C20H22O3S. The second kappa shape index (κ2) is 8.60. The second-order valence-corrected chi connectivity index (χ2v) is 5.91. The molecule has 0 spiro atoms. The highest BCUT2D eigenvalue weighted by Crippen LogP contribution is 2.30. The molecular weight excluding hydrogens is 320 g/mol. The summed E-state index contributed by atoms with van der Waals surface area (Å²) in [6.07, 6.45) is 9.45. The number of carbonyl (C=O) groups excluding carboxylic acids is 1. The normalized spacial score (nSPS) is 14.0. The maximum atomic E-state index is 12.3. The molecule has 0 unspecified atom stereocenters. The minimum absolute atomic E-state index is 0.0391. The van der Waals surface area contributed by atoms with Crippen molar-refractivity contribution in [3.05, 3.63) is 53.1 Å². The fourth-order valence-electron chi connectivity index (χ4n) is 2.39. The van der Waals surface area contributed by atoms with Gasteiger partial charge in [-0.15, -0.1) is 0 Å². The van der Waals surface area contributed by atoms with Crippen molar-refractivity contribution in [3.63, 3.8) is 0 Å². The highest BCUT2D eigenvalue weighted by molar-refractivity contribution is 7.80. The smallest absolute Gasteiger partial charge is 0.185 e.